The maximum Gasteiger partial charge on any atom is 0.272 e. The molecule has 1 aliphatic heterocycles. The normalized spacial score (nSPS) is 13.9. The van der Waals surface area contributed by atoms with Crippen LogP contribution in [0.3, 0.4) is 0 Å². The van der Waals surface area contributed by atoms with Crippen molar-refractivity contribution in [3.05, 3.63) is 59.4 Å². The lowest BCUT2D eigenvalue weighted by atomic mass is 10.1. The highest BCUT2D eigenvalue weighted by molar-refractivity contribution is 5.93. The number of rotatable bonds is 6. The van der Waals surface area contributed by atoms with Gasteiger partial charge in [-0.05, 0) is 30.7 Å². The molecule has 0 aliphatic carbocycles. The van der Waals surface area contributed by atoms with Crippen LogP contribution < -0.4 is 14.8 Å². The molecule has 3 heterocycles. The molecule has 0 spiro atoms. The van der Waals surface area contributed by atoms with Gasteiger partial charge in [0.2, 0.25) is 0 Å². The van der Waals surface area contributed by atoms with Gasteiger partial charge in [0.15, 0.2) is 5.69 Å². The first-order valence-electron chi connectivity index (χ1n) is 10.3. The second-order valence-corrected chi connectivity index (χ2v) is 7.70. The molecule has 10 nitrogen and oxygen atoms in total. The van der Waals surface area contributed by atoms with E-state index < -0.39 is 0 Å². The van der Waals surface area contributed by atoms with Gasteiger partial charge < -0.3 is 24.3 Å². The van der Waals surface area contributed by atoms with E-state index in [9.17, 15) is 9.59 Å². The summed E-state index contributed by atoms with van der Waals surface area (Å²) < 4.78 is 14.1. The van der Waals surface area contributed by atoms with Crippen LogP contribution in [0, 0.1) is 0 Å². The highest BCUT2D eigenvalue weighted by Gasteiger charge is 2.26. The molecule has 1 atom stereocenters. The zero-order valence-corrected chi connectivity index (χ0v) is 18.5. The molecule has 1 N–H and O–H groups in total. The van der Waals surface area contributed by atoms with Crippen molar-refractivity contribution in [1.29, 1.82) is 0 Å². The Morgan fingerprint density at radius 2 is 1.81 bits per heavy atom. The average Bonchev–Trinajstić information content (AvgIpc) is 3.43. The Morgan fingerprint density at radius 1 is 1.09 bits per heavy atom. The van der Waals surface area contributed by atoms with Crippen molar-refractivity contribution in [3.63, 3.8) is 0 Å². The number of methoxy groups -OCH3 is 2. The summed E-state index contributed by atoms with van der Waals surface area (Å²) >= 11 is 0. The number of carbonyl (C=O) groups excluding carboxylic acids is 2. The molecule has 1 aliphatic rings. The first-order valence-corrected chi connectivity index (χ1v) is 10.3. The van der Waals surface area contributed by atoms with E-state index in [-0.39, 0.29) is 17.9 Å². The Morgan fingerprint density at radius 3 is 2.44 bits per heavy atom. The topological polar surface area (TPSA) is 104 Å². The monoisotopic (exact) mass is 438 g/mol. The van der Waals surface area contributed by atoms with Gasteiger partial charge in [0.05, 0.1) is 51.6 Å². The van der Waals surface area contributed by atoms with Crippen molar-refractivity contribution >= 4 is 11.8 Å². The molecule has 168 valence electrons. The number of amides is 2. The van der Waals surface area contributed by atoms with E-state index in [1.54, 1.807) is 60.1 Å². The molecule has 1 aromatic carbocycles. The van der Waals surface area contributed by atoms with E-state index >= 15 is 0 Å². The van der Waals surface area contributed by atoms with Gasteiger partial charge in [-0.1, -0.05) is 0 Å². The lowest BCUT2D eigenvalue weighted by molar-refractivity contribution is 0.0695. The third kappa shape index (κ3) is 4.16. The third-order valence-corrected chi connectivity index (χ3v) is 5.57. The van der Waals surface area contributed by atoms with E-state index in [0.717, 1.165) is 11.3 Å². The van der Waals surface area contributed by atoms with Crippen molar-refractivity contribution in [2.75, 3.05) is 20.8 Å². The Labute approximate surface area is 185 Å². The molecule has 0 radical (unpaired) electrons. The Bertz CT molecular complexity index is 1130. The van der Waals surface area contributed by atoms with E-state index in [1.807, 2.05) is 19.1 Å². The second kappa shape index (κ2) is 8.74. The first-order chi connectivity index (χ1) is 15.4. The molecule has 0 saturated carbocycles. The highest BCUT2D eigenvalue weighted by Crippen LogP contribution is 2.26. The van der Waals surface area contributed by atoms with Crippen LogP contribution >= 0.6 is 0 Å². The Balaban J connectivity index is 1.46. The molecule has 2 aromatic heterocycles. The molecule has 0 unspecified atom stereocenters. The van der Waals surface area contributed by atoms with Crippen LogP contribution in [-0.4, -0.2) is 56.8 Å². The van der Waals surface area contributed by atoms with Crippen molar-refractivity contribution in [3.8, 4) is 11.5 Å². The van der Waals surface area contributed by atoms with E-state index in [1.165, 1.54) is 0 Å². The van der Waals surface area contributed by atoms with Crippen LogP contribution in [0.4, 0.5) is 0 Å². The largest absolute Gasteiger partial charge is 0.497 e. The van der Waals surface area contributed by atoms with Crippen molar-refractivity contribution in [2.24, 2.45) is 7.05 Å². The molecular weight excluding hydrogens is 412 g/mol. The van der Waals surface area contributed by atoms with Crippen LogP contribution in [0.5, 0.6) is 11.5 Å². The zero-order chi connectivity index (χ0) is 22.8. The lowest BCUT2D eigenvalue weighted by Crippen LogP contribution is -2.39. The highest BCUT2D eigenvalue weighted by atomic mass is 16.5. The lowest BCUT2D eigenvalue weighted by Gasteiger charge is -2.27. The van der Waals surface area contributed by atoms with Crippen molar-refractivity contribution < 1.29 is 19.1 Å². The quantitative estimate of drug-likeness (QED) is 0.629. The van der Waals surface area contributed by atoms with Crippen molar-refractivity contribution in [1.82, 2.24) is 29.5 Å². The SMILES string of the molecule is COc1cc(OC)cc([C@@H](C)NC(=O)c2cc3n(n2)CCN(C(=O)c2cncn2C)C3)c1. The Hall–Kier alpha value is -3.82. The summed E-state index contributed by atoms with van der Waals surface area (Å²) in [6, 6.07) is 6.94. The van der Waals surface area contributed by atoms with E-state index in [0.29, 0.717) is 42.5 Å². The van der Waals surface area contributed by atoms with Crippen LogP contribution in [-0.2, 0) is 20.1 Å². The number of aromatic nitrogens is 4. The van der Waals surface area contributed by atoms with Gasteiger partial charge in [0, 0.05) is 19.7 Å². The molecule has 2 amide bonds. The number of hydrogen-bond donors (Lipinski definition) is 1. The summed E-state index contributed by atoms with van der Waals surface area (Å²) in [7, 11) is 4.95. The summed E-state index contributed by atoms with van der Waals surface area (Å²) in [5, 5.41) is 7.41. The minimum atomic E-state index is -0.286. The number of nitrogens with one attached hydrogen (secondary N) is 1. The van der Waals surface area contributed by atoms with Gasteiger partial charge in [0.25, 0.3) is 11.8 Å². The van der Waals surface area contributed by atoms with Gasteiger partial charge in [-0.25, -0.2) is 4.98 Å². The Kier molecular flexibility index (Phi) is 5.85. The molecule has 10 heteroatoms. The van der Waals surface area contributed by atoms with Gasteiger partial charge >= 0.3 is 0 Å². The van der Waals surface area contributed by atoms with Crippen LogP contribution in [0.1, 0.15) is 45.2 Å². The number of aryl methyl sites for hydroxylation is 1. The van der Waals surface area contributed by atoms with Gasteiger partial charge in [0.1, 0.15) is 17.2 Å². The number of benzene rings is 1. The molecule has 4 rings (SSSR count). The fourth-order valence-electron chi connectivity index (χ4n) is 3.71. The number of hydrogen-bond acceptors (Lipinski definition) is 6. The zero-order valence-electron chi connectivity index (χ0n) is 18.5. The standard InChI is InChI=1S/C22H26N6O4/c1-14(15-7-17(31-3)10-18(8-15)32-4)24-21(29)19-9-16-12-27(5-6-28(16)25-19)22(30)20-11-23-13-26(20)2/h7-11,13-14H,5-6,12H2,1-4H3,(H,24,29)/t14-/m1/s1. The summed E-state index contributed by atoms with van der Waals surface area (Å²) in [4.78, 5) is 31.4. The van der Waals surface area contributed by atoms with E-state index in [4.69, 9.17) is 9.47 Å². The van der Waals surface area contributed by atoms with E-state index in [2.05, 4.69) is 15.4 Å². The predicted octanol–water partition coefficient (Wildman–Crippen LogP) is 1.78. The average molecular weight is 438 g/mol. The molecule has 0 bridgehead atoms. The maximum absolute atomic E-state index is 12.9. The minimum Gasteiger partial charge on any atom is -0.497 e. The van der Waals surface area contributed by atoms with Crippen LogP contribution in [0.25, 0.3) is 0 Å². The van der Waals surface area contributed by atoms with Gasteiger partial charge in [-0.3, -0.25) is 14.3 Å². The number of carbonyl (C=O) groups is 2. The molecule has 0 saturated heterocycles. The summed E-state index contributed by atoms with van der Waals surface area (Å²) in [5.41, 5.74) is 2.51. The van der Waals surface area contributed by atoms with Crippen LogP contribution in [0.2, 0.25) is 0 Å². The fourth-order valence-corrected chi connectivity index (χ4v) is 3.71. The first kappa shape index (κ1) is 21.4. The predicted molar refractivity (Wildman–Crippen MR) is 116 cm³/mol. The number of ether oxygens (including phenoxy) is 2. The molecule has 0 fully saturated rings. The van der Waals surface area contributed by atoms with Crippen molar-refractivity contribution in [2.45, 2.75) is 26.1 Å². The molecular formula is C22H26N6O4. The second-order valence-electron chi connectivity index (χ2n) is 7.70. The van der Waals surface area contributed by atoms with Crippen LogP contribution in [0.15, 0.2) is 36.8 Å². The number of imidazole rings is 1. The van der Waals surface area contributed by atoms with Gasteiger partial charge in [-0.15, -0.1) is 0 Å². The number of fused-ring (bicyclic) bond motifs is 1. The maximum atomic E-state index is 12.9. The summed E-state index contributed by atoms with van der Waals surface area (Å²) in [6.45, 7) is 3.30. The summed E-state index contributed by atoms with van der Waals surface area (Å²) in [5.74, 6) is 0.918. The third-order valence-electron chi connectivity index (χ3n) is 5.57. The molecule has 3 aromatic rings. The number of nitrogens with zero attached hydrogens (tertiary/aromatic N) is 5. The summed E-state index contributed by atoms with van der Waals surface area (Å²) in [6.07, 6.45) is 3.16. The smallest absolute Gasteiger partial charge is 0.272 e. The fraction of sp³-hybridized carbons (Fsp3) is 0.364. The molecule has 32 heavy (non-hydrogen) atoms. The minimum absolute atomic E-state index is 0.0935. The van der Waals surface area contributed by atoms with Gasteiger partial charge in [-0.2, -0.15) is 5.10 Å².